The van der Waals surface area contributed by atoms with E-state index in [1.807, 2.05) is 13.8 Å². The Morgan fingerprint density at radius 2 is 2.06 bits per heavy atom. The van der Waals surface area contributed by atoms with Gasteiger partial charge < -0.3 is 4.74 Å². The van der Waals surface area contributed by atoms with E-state index < -0.39 is 0 Å². The zero-order valence-corrected chi connectivity index (χ0v) is 11.5. The molecule has 0 aliphatic rings. The van der Waals surface area contributed by atoms with Crippen molar-refractivity contribution in [2.24, 2.45) is 11.8 Å². The molecule has 0 saturated heterocycles. The number of nitrogens with one attached hydrogen (secondary N) is 1. The normalized spacial score (nSPS) is 14.8. The zero-order chi connectivity index (χ0) is 13.7. The lowest BCUT2D eigenvalue weighted by molar-refractivity contribution is 0.00257. The van der Waals surface area contributed by atoms with Crippen molar-refractivity contribution < 1.29 is 9.13 Å². The Morgan fingerprint density at radius 3 is 2.56 bits per heavy atom. The number of nitrogens with two attached hydrogens (primary N) is 1. The van der Waals surface area contributed by atoms with Gasteiger partial charge in [-0.15, -0.1) is 0 Å². The van der Waals surface area contributed by atoms with Crippen LogP contribution in [0.3, 0.4) is 0 Å². The van der Waals surface area contributed by atoms with E-state index in [2.05, 4.69) is 19.3 Å². The number of ether oxygens (including phenoxy) is 1. The van der Waals surface area contributed by atoms with Crippen molar-refractivity contribution >= 4 is 0 Å². The van der Waals surface area contributed by atoms with Gasteiger partial charge in [0.05, 0.1) is 12.1 Å². The van der Waals surface area contributed by atoms with E-state index in [1.165, 1.54) is 12.1 Å². The molecule has 3 nitrogen and oxygen atoms in total. The summed E-state index contributed by atoms with van der Waals surface area (Å²) in [7, 11) is 0. The molecule has 18 heavy (non-hydrogen) atoms. The van der Waals surface area contributed by atoms with E-state index in [0.717, 1.165) is 11.1 Å². The smallest absolute Gasteiger partial charge is 0.123 e. The number of hydrogen-bond donors (Lipinski definition) is 2. The summed E-state index contributed by atoms with van der Waals surface area (Å²) >= 11 is 0. The van der Waals surface area contributed by atoms with Crippen LogP contribution in [0, 0.1) is 18.7 Å². The molecule has 0 bridgehead atoms. The fraction of sp³-hybridized carbons (Fsp3) is 0.571. The lowest BCUT2D eigenvalue weighted by atomic mass is 9.91. The third-order valence-electron chi connectivity index (χ3n) is 3.10. The lowest BCUT2D eigenvalue weighted by Gasteiger charge is -2.30. The lowest BCUT2D eigenvalue weighted by Crippen LogP contribution is -2.41. The second-order valence-corrected chi connectivity index (χ2v) is 4.81. The van der Waals surface area contributed by atoms with Gasteiger partial charge in [0, 0.05) is 6.61 Å². The molecule has 0 amide bonds. The summed E-state index contributed by atoms with van der Waals surface area (Å²) in [6.45, 7) is 8.64. The fourth-order valence-electron chi connectivity index (χ4n) is 2.17. The van der Waals surface area contributed by atoms with Crippen LogP contribution in [0.5, 0.6) is 0 Å². The first kappa shape index (κ1) is 15.1. The molecule has 102 valence electrons. The molecule has 2 unspecified atom stereocenters. The highest BCUT2D eigenvalue weighted by Gasteiger charge is 2.27. The Bertz CT molecular complexity index is 382. The molecule has 2 atom stereocenters. The molecule has 1 aromatic carbocycles. The molecule has 0 fully saturated rings. The van der Waals surface area contributed by atoms with Gasteiger partial charge in [0.15, 0.2) is 0 Å². The minimum absolute atomic E-state index is 0.0829. The molecular formula is C14H23FN2O. The van der Waals surface area contributed by atoms with Crippen molar-refractivity contribution in [2.75, 3.05) is 6.61 Å². The van der Waals surface area contributed by atoms with Crippen LogP contribution in [0.1, 0.15) is 37.9 Å². The summed E-state index contributed by atoms with van der Waals surface area (Å²) in [5, 5.41) is 0. The van der Waals surface area contributed by atoms with E-state index in [-0.39, 0.29) is 23.9 Å². The standard InChI is InChI=1S/C14H23FN2O/c1-5-18-14(9(2)3)13(17-16)12-8-11(15)7-6-10(12)4/h6-9,13-14,17H,5,16H2,1-4H3. The van der Waals surface area contributed by atoms with E-state index in [9.17, 15) is 4.39 Å². The van der Waals surface area contributed by atoms with E-state index in [0.29, 0.717) is 6.61 Å². The molecular weight excluding hydrogens is 231 g/mol. The van der Waals surface area contributed by atoms with Crippen LogP contribution in [0.25, 0.3) is 0 Å². The Kier molecular flexibility index (Phi) is 5.72. The van der Waals surface area contributed by atoms with Crippen LogP contribution >= 0.6 is 0 Å². The van der Waals surface area contributed by atoms with Gasteiger partial charge in [0.1, 0.15) is 5.82 Å². The van der Waals surface area contributed by atoms with Gasteiger partial charge in [0.2, 0.25) is 0 Å². The Hall–Kier alpha value is -0.970. The van der Waals surface area contributed by atoms with Crippen LogP contribution in [0.15, 0.2) is 18.2 Å². The van der Waals surface area contributed by atoms with Crippen molar-refractivity contribution in [1.29, 1.82) is 0 Å². The quantitative estimate of drug-likeness (QED) is 0.606. The number of aryl methyl sites for hydroxylation is 1. The molecule has 4 heteroatoms. The summed E-state index contributed by atoms with van der Waals surface area (Å²) < 4.78 is 19.1. The van der Waals surface area contributed by atoms with Crippen molar-refractivity contribution in [3.8, 4) is 0 Å². The summed E-state index contributed by atoms with van der Waals surface area (Å²) in [6.07, 6.45) is -0.0829. The number of hydrazine groups is 1. The average molecular weight is 254 g/mol. The van der Waals surface area contributed by atoms with Crippen molar-refractivity contribution in [3.63, 3.8) is 0 Å². The molecule has 0 saturated carbocycles. The third-order valence-corrected chi connectivity index (χ3v) is 3.10. The van der Waals surface area contributed by atoms with Crippen LogP contribution < -0.4 is 11.3 Å². The first-order chi connectivity index (χ1) is 8.51. The van der Waals surface area contributed by atoms with Crippen LogP contribution in [-0.2, 0) is 4.74 Å². The van der Waals surface area contributed by atoms with Gasteiger partial charge >= 0.3 is 0 Å². The first-order valence-corrected chi connectivity index (χ1v) is 6.35. The van der Waals surface area contributed by atoms with Crippen molar-refractivity contribution in [3.05, 3.63) is 35.1 Å². The highest BCUT2D eigenvalue weighted by Crippen LogP contribution is 2.27. The minimum atomic E-state index is -0.255. The van der Waals surface area contributed by atoms with Gasteiger partial charge in [-0.25, -0.2) is 4.39 Å². The largest absolute Gasteiger partial charge is 0.376 e. The Labute approximate surface area is 108 Å². The topological polar surface area (TPSA) is 47.3 Å². The minimum Gasteiger partial charge on any atom is -0.376 e. The van der Waals surface area contributed by atoms with E-state index in [1.54, 1.807) is 6.07 Å². The van der Waals surface area contributed by atoms with E-state index >= 15 is 0 Å². The zero-order valence-electron chi connectivity index (χ0n) is 11.5. The van der Waals surface area contributed by atoms with Gasteiger partial charge in [-0.1, -0.05) is 19.9 Å². The number of halogens is 1. The Morgan fingerprint density at radius 1 is 1.39 bits per heavy atom. The summed E-state index contributed by atoms with van der Waals surface area (Å²) in [5.41, 5.74) is 4.62. The molecule has 0 aromatic heterocycles. The molecule has 1 aromatic rings. The van der Waals surface area contributed by atoms with Gasteiger partial charge in [-0.3, -0.25) is 11.3 Å². The third kappa shape index (κ3) is 3.51. The molecule has 0 aliphatic heterocycles. The molecule has 0 heterocycles. The maximum atomic E-state index is 13.4. The summed E-state index contributed by atoms with van der Waals surface area (Å²) in [4.78, 5) is 0. The van der Waals surface area contributed by atoms with Crippen molar-refractivity contribution in [2.45, 2.75) is 39.8 Å². The fourth-order valence-corrected chi connectivity index (χ4v) is 2.17. The summed E-state index contributed by atoms with van der Waals surface area (Å²) in [5.74, 6) is 5.67. The van der Waals surface area contributed by atoms with Gasteiger partial charge in [-0.05, 0) is 43.0 Å². The number of benzene rings is 1. The average Bonchev–Trinajstić information content (AvgIpc) is 2.33. The first-order valence-electron chi connectivity index (χ1n) is 6.35. The maximum absolute atomic E-state index is 13.4. The van der Waals surface area contributed by atoms with Gasteiger partial charge in [-0.2, -0.15) is 0 Å². The predicted molar refractivity (Wildman–Crippen MR) is 71.5 cm³/mol. The second kappa shape index (κ2) is 6.83. The SMILES string of the molecule is CCOC(C(C)C)C(NN)c1cc(F)ccc1C. The highest BCUT2D eigenvalue weighted by atomic mass is 19.1. The Balaban J connectivity index is 3.10. The monoisotopic (exact) mass is 254 g/mol. The maximum Gasteiger partial charge on any atom is 0.123 e. The second-order valence-electron chi connectivity index (χ2n) is 4.81. The molecule has 0 aliphatic carbocycles. The molecule has 0 radical (unpaired) electrons. The van der Waals surface area contributed by atoms with E-state index in [4.69, 9.17) is 10.6 Å². The highest BCUT2D eigenvalue weighted by molar-refractivity contribution is 5.30. The predicted octanol–water partition coefficient (Wildman–Crippen LogP) is 2.70. The summed E-state index contributed by atoms with van der Waals surface area (Å²) in [6, 6.07) is 4.53. The van der Waals surface area contributed by atoms with Crippen LogP contribution in [0.2, 0.25) is 0 Å². The van der Waals surface area contributed by atoms with Crippen LogP contribution in [-0.4, -0.2) is 12.7 Å². The molecule has 1 rings (SSSR count). The van der Waals surface area contributed by atoms with Crippen molar-refractivity contribution in [1.82, 2.24) is 5.43 Å². The number of hydrogen-bond acceptors (Lipinski definition) is 3. The number of rotatable bonds is 6. The molecule has 3 N–H and O–H groups in total. The molecule has 0 spiro atoms. The van der Waals surface area contributed by atoms with Gasteiger partial charge in [0.25, 0.3) is 0 Å². The van der Waals surface area contributed by atoms with Crippen LogP contribution in [0.4, 0.5) is 4.39 Å².